The van der Waals surface area contributed by atoms with Crippen molar-refractivity contribution >= 4 is 0 Å². The summed E-state index contributed by atoms with van der Waals surface area (Å²) in [5, 5.41) is 23.8. The van der Waals surface area contributed by atoms with Crippen molar-refractivity contribution in [3.8, 4) is 18.2 Å². The molecule has 0 aromatic heterocycles. The summed E-state index contributed by atoms with van der Waals surface area (Å²) in [6.07, 6.45) is 3.58. The molecule has 0 aliphatic carbocycles. The number of nitrogens with zero attached hydrogens (tertiary/aromatic N) is 3. The van der Waals surface area contributed by atoms with Crippen LogP contribution in [0.5, 0.6) is 0 Å². The summed E-state index contributed by atoms with van der Waals surface area (Å²) >= 11 is 0. The lowest BCUT2D eigenvalue weighted by molar-refractivity contribution is 0.671. The van der Waals surface area contributed by atoms with Gasteiger partial charge in [-0.05, 0) is 26.2 Å². The van der Waals surface area contributed by atoms with Crippen LogP contribution < -0.4 is 0 Å². The standard InChI is InChI=1S/2C5H9N.C4H7N/c1-5(2)3-4-6;1-2-3-4-5-6;1-4(2)3-5/h5H,3H2,1-2H3;2-4H2,1H3;4H,1-2H3. The minimum atomic E-state index is 0.190. The van der Waals surface area contributed by atoms with E-state index in [1.807, 2.05) is 33.8 Å². The maximum Gasteiger partial charge on any atom is 0.0649 e. The predicted octanol–water partition coefficient (Wildman–Crippen LogP) is 4.42. The van der Waals surface area contributed by atoms with E-state index in [0.717, 1.165) is 19.3 Å². The van der Waals surface area contributed by atoms with Crippen molar-refractivity contribution in [2.75, 3.05) is 0 Å². The first-order valence-electron chi connectivity index (χ1n) is 6.09. The summed E-state index contributed by atoms with van der Waals surface area (Å²) < 4.78 is 0. The minimum absolute atomic E-state index is 0.190. The molecule has 0 heterocycles. The number of rotatable bonds is 3. The maximum atomic E-state index is 7.99. The highest BCUT2D eigenvalue weighted by molar-refractivity contribution is 4.72. The molecule has 0 bridgehead atoms. The van der Waals surface area contributed by atoms with E-state index in [1.54, 1.807) is 0 Å². The SMILES string of the molecule is CC(C)C#N.CC(C)CC#N.CCCCC#N. The van der Waals surface area contributed by atoms with Crippen LogP contribution in [0.25, 0.3) is 0 Å². The molecule has 0 aliphatic heterocycles. The molecule has 3 nitrogen and oxygen atoms in total. The van der Waals surface area contributed by atoms with Gasteiger partial charge in [0, 0.05) is 18.8 Å². The van der Waals surface area contributed by atoms with E-state index >= 15 is 0 Å². The Balaban J connectivity index is -0.000000174. The van der Waals surface area contributed by atoms with Gasteiger partial charge in [0.05, 0.1) is 18.2 Å². The lowest BCUT2D eigenvalue weighted by atomic mass is 10.2. The van der Waals surface area contributed by atoms with Gasteiger partial charge >= 0.3 is 0 Å². The van der Waals surface area contributed by atoms with Gasteiger partial charge in [-0.3, -0.25) is 0 Å². The highest BCUT2D eigenvalue weighted by Gasteiger charge is 1.85. The highest BCUT2D eigenvalue weighted by Crippen LogP contribution is 1.94. The van der Waals surface area contributed by atoms with Crippen LogP contribution in [0.2, 0.25) is 0 Å². The van der Waals surface area contributed by atoms with Crippen molar-refractivity contribution in [2.24, 2.45) is 11.8 Å². The Bertz CT molecular complexity index is 248. The Hall–Kier alpha value is -1.53. The second-order valence-electron chi connectivity index (χ2n) is 4.30. The number of unbranched alkanes of at least 4 members (excludes halogenated alkanes) is 2. The molecule has 0 radical (unpaired) electrons. The van der Waals surface area contributed by atoms with Crippen LogP contribution in [0.4, 0.5) is 0 Å². The average Bonchev–Trinajstić information content (AvgIpc) is 2.27. The first kappa shape index (κ1) is 20.8. The van der Waals surface area contributed by atoms with Crippen LogP contribution in [0.1, 0.15) is 60.3 Å². The van der Waals surface area contributed by atoms with Gasteiger partial charge in [0.1, 0.15) is 0 Å². The summed E-state index contributed by atoms with van der Waals surface area (Å²) in [7, 11) is 0. The van der Waals surface area contributed by atoms with E-state index < -0.39 is 0 Å². The van der Waals surface area contributed by atoms with Crippen molar-refractivity contribution in [1.29, 1.82) is 15.8 Å². The van der Waals surface area contributed by atoms with Gasteiger partial charge in [0.2, 0.25) is 0 Å². The zero-order valence-electron chi connectivity index (χ0n) is 11.8. The summed E-state index contributed by atoms with van der Waals surface area (Å²) in [5.74, 6) is 0.727. The third kappa shape index (κ3) is 53.8. The molecule has 0 aromatic carbocycles. The van der Waals surface area contributed by atoms with Crippen LogP contribution in [0.3, 0.4) is 0 Å². The van der Waals surface area contributed by atoms with E-state index in [1.165, 1.54) is 0 Å². The van der Waals surface area contributed by atoms with Crippen molar-refractivity contribution in [2.45, 2.75) is 60.3 Å². The number of hydrogen-bond donors (Lipinski definition) is 0. The smallest absolute Gasteiger partial charge is 0.0649 e. The molecule has 96 valence electrons. The first-order chi connectivity index (χ1) is 7.95. The molecule has 3 heteroatoms. The fourth-order valence-electron chi connectivity index (χ4n) is 0.438. The minimum Gasteiger partial charge on any atom is -0.198 e. The second kappa shape index (κ2) is 20.0. The normalized spacial score (nSPS) is 7.76. The van der Waals surface area contributed by atoms with Crippen molar-refractivity contribution < 1.29 is 0 Å². The highest BCUT2D eigenvalue weighted by atomic mass is 14.2. The molecule has 0 N–H and O–H groups in total. The monoisotopic (exact) mass is 235 g/mol. The van der Waals surface area contributed by atoms with E-state index in [4.69, 9.17) is 15.8 Å². The number of nitriles is 3. The molecule has 0 atom stereocenters. The van der Waals surface area contributed by atoms with Gasteiger partial charge < -0.3 is 0 Å². The van der Waals surface area contributed by atoms with Crippen LogP contribution in [0, 0.1) is 45.8 Å². The van der Waals surface area contributed by atoms with E-state index in [9.17, 15) is 0 Å². The van der Waals surface area contributed by atoms with E-state index in [0.29, 0.717) is 12.3 Å². The Morgan fingerprint density at radius 2 is 1.41 bits per heavy atom. The molecule has 17 heavy (non-hydrogen) atoms. The Labute approximate surface area is 107 Å². The molecule has 0 aliphatic rings. The lowest BCUT2D eigenvalue weighted by Gasteiger charge is -1.88. The molecular weight excluding hydrogens is 210 g/mol. The molecule has 0 spiro atoms. The quantitative estimate of drug-likeness (QED) is 0.679. The van der Waals surface area contributed by atoms with Gasteiger partial charge in [0.25, 0.3) is 0 Å². The molecule has 0 amide bonds. The Kier molecular flexibility index (Phi) is 24.5. The Morgan fingerprint density at radius 1 is 0.941 bits per heavy atom. The van der Waals surface area contributed by atoms with E-state index in [2.05, 4.69) is 19.1 Å². The predicted molar refractivity (Wildman–Crippen MR) is 70.7 cm³/mol. The molecule has 0 aromatic rings. The van der Waals surface area contributed by atoms with E-state index in [-0.39, 0.29) is 5.92 Å². The van der Waals surface area contributed by atoms with Gasteiger partial charge in [0.15, 0.2) is 0 Å². The molecule has 0 unspecified atom stereocenters. The fraction of sp³-hybridized carbons (Fsp3) is 0.786. The average molecular weight is 235 g/mol. The van der Waals surface area contributed by atoms with Gasteiger partial charge in [-0.1, -0.05) is 27.2 Å². The fourth-order valence-corrected chi connectivity index (χ4v) is 0.438. The summed E-state index contributed by atoms with van der Waals surface area (Å²) in [6.45, 7) is 9.86. The maximum absolute atomic E-state index is 7.99. The molecule has 0 rings (SSSR count). The second-order valence-corrected chi connectivity index (χ2v) is 4.30. The molecular formula is C14H25N3. The van der Waals surface area contributed by atoms with Crippen LogP contribution in [-0.2, 0) is 0 Å². The van der Waals surface area contributed by atoms with Crippen molar-refractivity contribution in [3.63, 3.8) is 0 Å². The molecule has 0 saturated heterocycles. The lowest BCUT2D eigenvalue weighted by Crippen LogP contribution is -1.79. The van der Waals surface area contributed by atoms with Gasteiger partial charge in [-0.25, -0.2) is 0 Å². The zero-order valence-corrected chi connectivity index (χ0v) is 11.8. The third-order valence-corrected chi connectivity index (χ3v) is 1.40. The number of hydrogen-bond acceptors (Lipinski definition) is 3. The van der Waals surface area contributed by atoms with Crippen LogP contribution in [-0.4, -0.2) is 0 Å². The summed E-state index contributed by atoms with van der Waals surface area (Å²) in [6, 6.07) is 6.16. The largest absolute Gasteiger partial charge is 0.198 e. The summed E-state index contributed by atoms with van der Waals surface area (Å²) in [4.78, 5) is 0. The first-order valence-corrected chi connectivity index (χ1v) is 6.09. The van der Waals surface area contributed by atoms with Crippen LogP contribution in [0.15, 0.2) is 0 Å². The van der Waals surface area contributed by atoms with Gasteiger partial charge in [-0.15, -0.1) is 0 Å². The molecule has 0 fully saturated rings. The van der Waals surface area contributed by atoms with Crippen LogP contribution >= 0.6 is 0 Å². The zero-order chi connectivity index (χ0) is 14.1. The Morgan fingerprint density at radius 3 is 1.47 bits per heavy atom. The summed E-state index contributed by atoms with van der Waals surface area (Å²) in [5.41, 5.74) is 0. The third-order valence-electron chi connectivity index (χ3n) is 1.40. The molecule has 0 saturated carbocycles. The van der Waals surface area contributed by atoms with Gasteiger partial charge in [-0.2, -0.15) is 15.8 Å². The van der Waals surface area contributed by atoms with Crippen molar-refractivity contribution in [1.82, 2.24) is 0 Å². The topological polar surface area (TPSA) is 71.4 Å². The van der Waals surface area contributed by atoms with Crippen molar-refractivity contribution in [3.05, 3.63) is 0 Å².